The van der Waals surface area contributed by atoms with Gasteiger partial charge in [-0.15, -0.1) is 0 Å². The Labute approximate surface area is 276 Å². The molecule has 5 nitrogen and oxygen atoms in total. The summed E-state index contributed by atoms with van der Waals surface area (Å²) in [5, 5.41) is 3.09. The van der Waals surface area contributed by atoms with Crippen molar-refractivity contribution in [1.82, 2.24) is 10.2 Å². The number of unbranched alkanes of at least 4 members (excludes halogenated alkanes) is 1. The molecule has 1 saturated carbocycles. The molecular weight excluding hydrogens is 549 g/mol. The van der Waals surface area contributed by atoms with Gasteiger partial charge in [0.1, 0.15) is 0 Å². The molecule has 0 radical (unpaired) electrons. The molecule has 4 rings (SSSR count). The van der Waals surface area contributed by atoms with Gasteiger partial charge >= 0.3 is 0 Å². The third-order valence-corrected chi connectivity index (χ3v) is 7.04. The molecule has 2 unspecified atom stereocenters. The standard InChI is InChI=1S/C23H36N4O.C4H10.C3H6.C3H8.2C2H6.H2S/c1-3-19(13-14-25-18(2)24)27-22-12-6-5-10-20(22)21(23(27)28)11-9-17-26-15-7-4-8-16-26;1-3-4-2;1-2-3-1;1-3-2;2*1-2;/h5-6,10,12,19,21,25H,2-4,7-9,11,13-17,24H2,1H3;3-4H2,1-2H3;1-3H2;3H2,1-2H3;2*1-2H3;1H2. The van der Waals surface area contributed by atoms with Crippen LogP contribution in [-0.2, 0) is 4.79 Å². The molecular formula is C37H74N4OS. The van der Waals surface area contributed by atoms with Crippen molar-refractivity contribution >= 4 is 25.1 Å². The van der Waals surface area contributed by atoms with E-state index in [-0.39, 0.29) is 31.4 Å². The number of nitrogens with zero attached hydrogens (tertiary/aromatic N) is 2. The molecule has 1 aromatic carbocycles. The molecule has 0 spiro atoms. The van der Waals surface area contributed by atoms with Crippen LogP contribution in [-0.4, -0.2) is 43.0 Å². The summed E-state index contributed by atoms with van der Waals surface area (Å²) in [6.45, 7) is 26.8. The van der Waals surface area contributed by atoms with Crippen LogP contribution < -0.4 is 16.0 Å². The van der Waals surface area contributed by atoms with Crippen molar-refractivity contribution in [1.29, 1.82) is 0 Å². The van der Waals surface area contributed by atoms with Crippen molar-refractivity contribution in [2.75, 3.05) is 31.1 Å². The fraction of sp³-hybridized carbons (Fsp3) is 0.757. The maximum Gasteiger partial charge on any atom is 0.234 e. The topological polar surface area (TPSA) is 61.6 Å². The smallest absolute Gasteiger partial charge is 0.234 e. The number of carbonyl (C=O) groups is 1. The SMILES string of the molecule is C1CC1.C=C(N)NCCC(CC)N1C(=O)C(CCCN2CCCCC2)c2ccccc21.CC.CC.CCC.CCCC.S. The number of para-hydroxylation sites is 1. The third kappa shape index (κ3) is 20.8. The number of nitrogens with two attached hydrogens (primary N) is 1. The van der Waals surface area contributed by atoms with Crippen molar-refractivity contribution in [2.45, 2.75) is 158 Å². The minimum Gasteiger partial charge on any atom is -0.386 e. The van der Waals surface area contributed by atoms with E-state index in [4.69, 9.17) is 5.73 Å². The molecule has 0 aromatic heterocycles. The van der Waals surface area contributed by atoms with Gasteiger partial charge in [0.2, 0.25) is 5.91 Å². The molecule has 2 aliphatic heterocycles. The highest BCUT2D eigenvalue weighted by Gasteiger charge is 2.39. The molecule has 3 aliphatic rings. The van der Waals surface area contributed by atoms with E-state index >= 15 is 0 Å². The van der Waals surface area contributed by atoms with E-state index in [1.807, 2.05) is 33.8 Å². The molecule has 3 N–H and O–H groups in total. The lowest BCUT2D eigenvalue weighted by Gasteiger charge is -2.29. The Morgan fingerprint density at radius 3 is 1.91 bits per heavy atom. The normalized spacial score (nSPS) is 16.6. The average molecular weight is 623 g/mol. The molecule has 1 saturated heterocycles. The van der Waals surface area contributed by atoms with Gasteiger partial charge in [0.25, 0.3) is 0 Å². The van der Waals surface area contributed by atoms with E-state index in [2.05, 4.69) is 74.5 Å². The van der Waals surface area contributed by atoms with Crippen molar-refractivity contribution < 1.29 is 4.79 Å². The average Bonchev–Trinajstić information content (AvgIpc) is 3.89. The van der Waals surface area contributed by atoms with E-state index in [1.165, 1.54) is 76.4 Å². The number of nitrogens with one attached hydrogen (secondary N) is 1. The van der Waals surface area contributed by atoms with Crippen LogP contribution in [0.2, 0.25) is 0 Å². The predicted octanol–water partition coefficient (Wildman–Crippen LogP) is 10.1. The van der Waals surface area contributed by atoms with Gasteiger partial charge in [0, 0.05) is 18.3 Å². The fourth-order valence-corrected chi connectivity index (χ4v) is 4.69. The van der Waals surface area contributed by atoms with Crippen molar-refractivity contribution in [3.05, 3.63) is 42.2 Å². The van der Waals surface area contributed by atoms with Gasteiger partial charge in [-0.25, -0.2) is 0 Å². The number of likely N-dealkylation sites (tertiary alicyclic amines) is 1. The van der Waals surface area contributed by atoms with Crippen molar-refractivity contribution in [3.63, 3.8) is 0 Å². The maximum atomic E-state index is 13.4. The van der Waals surface area contributed by atoms with Crippen molar-refractivity contribution in [2.24, 2.45) is 5.73 Å². The second-order valence-corrected chi connectivity index (χ2v) is 10.9. The number of hydrogen-bond acceptors (Lipinski definition) is 4. The lowest BCUT2D eigenvalue weighted by molar-refractivity contribution is -0.120. The van der Waals surface area contributed by atoms with Gasteiger partial charge in [0.05, 0.1) is 11.7 Å². The van der Waals surface area contributed by atoms with E-state index in [1.54, 1.807) is 0 Å². The molecule has 0 bridgehead atoms. The zero-order valence-corrected chi connectivity index (χ0v) is 31.1. The van der Waals surface area contributed by atoms with Crippen LogP contribution >= 0.6 is 13.5 Å². The Balaban J connectivity index is -0.000000900. The second kappa shape index (κ2) is 31.8. The van der Waals surface area contributed by atoms with E-state index in [9.17, 15) is 4.79 Å². The van der Waals surface area contributed by atoms with Crippen LogP contribution in [0, 0.1) is 0 Å². The summed E-state index contributed by atoms with van der Waals surface area (Å²) in [6, 6.07) is 8.55. The summed E-state index contributed by atoms with van der Waals surface area (Å²) in [6.07, 6.45) is 16.2. The fourth-order valence-electron chi connectivity index (χ4n) is 4.69. The van der Waals surface area contributed by atoms with Crippen LogP contribution in [0.25, 0.3) is 0 Å². The number of carbonyl (C=O) groups excluding carboxylic acids is 1. The first-order valence-corrected chi connectivity index (χ1v) is 17.8. The number of rotatable bonds is 11. The van der Waals surface area contributed by atoms with Crippen LogP contribution in [0.4, 0.5) is 5.69 Å². The van der Waals surface area contributed by atoms with E-state index < -0.39 is 0 Å². The highest BCUT2D eigenvalue weighted by molar-refractivity contribution is 7.59. The van der Waals surface area contributed by atoms with Crippen molar-refractivity contribution in [3.8, 4) is 0 Å². The maximum absolute atomic E-state index is 13.4. The highest BCUT2D eigenvalue weighted by Crippen LogP contribution is 2.41. The zero-order valence-electron chi connectivity index (χ0n) is 30.1. The Morgan fingerprint density at radius 1 is 0.930 bits per heavy atom. The summed E-state index contributed by atoms with van der Waals surface area (Å²) in [5.74, 6) is 0.768. The summed E-state index contributed by atoms with van der Waals surface area (Å²) in [4.78, 5) is 18.0. The number of fused-ring (bicyclic) bond motifs is 1. The predicted molar refractivity (Wildman–Crippen MR) is 200 cm³/mol. The lowest BCUT2D eigenvalue weighted by Crippen LogP contribution is -2.40. The molecule has 6 heteroatoms. The summed E-state index contributed by atoms with van der Waals surface area (Å²) in [5.41, 5.74) is 7.94. The van der Waals surface area contributed by atoms with Crippen LogP contribution in [0.1, 0.15) is 157 Å². The zero-order chi connectivity index (χ0) is 32.2. The first-order valence-electron chi connectivity index (χ1n) is 17.8. The number of hydrogen-bond donors (Lipinski definition) is 2. The minimum atomic E-state index is 0. The molecule has 2 atom stereocenters. The first-order chi connectivity index (χ1) is 20.4. The Kier molecular flexibility index (Phi) is 33.8. The van der Waals surface area contributed by atoms with E-state index in [0.717, 1.165) is 44.5 Å². The summed E-state index contributed by atoms with van der Waals surface area (Å²) in [7, 11) is 0. The van der Waals surface area contributed by atoms with Crippen LogP contribution in [0.15, 0.2) is 36.7 Å². The summed E-state index contributed by atoms with van der Waals surface area (Å²) >= 11 is 0. The highest BCUT2D eigenvalue weighted by atomic mass is 32.1. The van der Waals surface area contributed by atoms with Gasteiger partial charge in [-0.05, 0) is 69.8 Å². The molecule has 1 amide bonds. The Hall–Kier alpha value is -1.66. The molecule has 1 aliphatic carbocycles. The first kappa shape index (κ1) is 45.8. The quantitative estimate of drug-likeness (QED) is 0.258. The van der Waals surface area contributed by atoms with Gasteiger partial charge in [-0.2, -0.15) is 13.5 Å². The third-order valence-electron chi connectivity index (χ3n) is 7.04. The Morgan fingerprint density at radius 2 is 1.44 bits per heavy atom. The second-order valence-electron chi connectivity index (χ2n) is 10.9. The van der Waals surface area contributed by atoms with E-state index in [0.29, 0.717) is 5.82 Å². The van der Waals surface area contributed by atoms with Gasteiger partial charge in [-0.3, -0.25) is 4.79 Å². The van der Waals surface area contributed by atoms with Gasteiger partial charge in [-0.1, -0.05) is 132 Å². The lowest BCUT2D eigenvalue weighted by atomic mass is 9.95. The van der Waals surface area contributed by atoms with Gasteiger partial charge in [0.15, 0.2) is 0 Å². The Bertz CT molecular complexity index is 760. The molecule has 254 valence electrons. The molecule has 2 heterocycles. The number of amides is 1. The van der Waals surface area contributed by atoms with Crippen LogP contribution in [0.5, 0.6) is 0 Å². The monoisotopic (exact) mass is 623 g/mol. The number of benzene rings is 1. The molecule has 2 fully saturated rings. The minimum absolute atomic E-state index is 0. The molecule has 1 aromatic rings. The molecule has 43 heavy (non-hydrogen) atoms. The number of anilines is 1. The number of piperidine rings is 1. The summed E-state index contributed by atoms with van der Waals surface area (Å²) < 4.78 is 0. The largest absolute Gasteiger partial charge is 0.386 e. The van der Waals surface area contributed by atoms with Crippen LogP contribution in [0.3, 0.4) is 0 Å². The van der Waals surface area contributed by atoms with Gasteiger partial charge < -0.3 is 20.9 Å².